The van der Waals surface area contributed by atoms with Crippen molar-refractivity contribution in [2.45, 2.75) is 17.9 Å². The van der Waals surface area contributed by atoms with E-state index >= 15 is 0 Å². The van der Waals surface area contributed by atoms with Crippen LogP contribution in [0.25, 0.3) is 0 Å². The highest BCUT2D eigenvalue weighted by atomic mass is 32.2. The average molecular weight is 283 g/mol. The maximum absolute atomic E-state index is 12.5. The summed E-state index contributed by atoms with van der Waals surface area (Å²) in [5.74, 6) is 0. The van der Waals surface area contributed by atoms with Crippen molar-refractivity contribution in [1.82, 2.24) is 9.21 Å². The van der Waals surface area contributed by atoms with Gasteiger partial charge in [-0.2, -0.15) is 4.31 Å². The number of anilines is 1. The molecule has 1 aromatic carbocycles. The third-order valence-corrected chi connectivity index (χ3v) is 5.58. The molecule has 106 valence electrons. The van der Waals surface area contributed by atoms with Gasteiger partial charge in [-0.05, 0) is 38.2 Å². The van der Waals surface area contributed by atoms with Crippen LogP contribution < -0.4 is 5.32 Å². The van der Waals surface area contributed by atoms with Crippen molar-refractivity contribution in [2.24, 2.45) is 0 Å². The standard InChI is InChI=1S/C13H21N3O2S/c1-11-10-16(9-8-15(11)3)19(17,18)13-6-4-12(14-2)5-7-13/h4-7,11,14H,8-10H2,1-3H3. The molecule has 2 rings (SSSR count). The Hall–Kier alpha value is -1.11. The number of sulfonamides is 1. The minimum Gasteiger partial charge on any atom is -0.388 e. The van der Waals surface area contributed by atoms with Gasteiger partial charge >= 0.3 is 0 Å². The van der Waals surface area contributed by atoms with Crippen molar-refractivity contribution in [2.75, 3.05) is 39.0 Å². The van der Waals surface area contributed by atoms with Gasteiger partial charge in [0.15, 0.2) is 0 Å². The molecule has 0 radical (unpaired) electrons. The Kier molecular flexibility index (Phi) is 4.13. The molecule has 0 spiro atoms. The molecule has 6 heteroatoms. The largest absolute Gasteiger partial charge is 0.388 e. The summed E-state index contributed by atoms with van der Waals surface area (Å²) in [6, 6.07) is 7.13. The van der Waals surface area contributed by atoms with Gasteiger partial charge in [-0.15, -0.1) is 0 Å². The van der Waals surface area contributed by atoms with E-state index in [9.17, 15) is 8.42 Å². The molecule has 1 aliphatic rings. The summed E-state index contributed by atoms with van der Waals surface area (Å²) < 4.78 is 26.6. The Balaban J connectivity index is 2.21. The topological polar surface area (TPSA) is 52.7 Å². The molecule has 1 N–H and O–H groups in total. The first kappa shape index (κ1) is 14.3. The highest BCUT2D eigenvalue weighted by Gasteiger charge is 2.30. The van der Waals surface area contributed by atoms with Gasteiger partial charge in [-0.25, -0.2) is 8.42 Å². The van der Waals surface area contributed by atoms with Crippen molar-refractivity contribution in [1.29, 1.82) is 0 Å². The Morgan fingerprint density at radius 3 is 2.37 bits per heavy atom. The molecule has 1 unspecified atom stereocenters. The van der Waals surface area contributed by atoms with Gasteiger partial charge in [0.05, 0.1) is 4.90 Å². The van der Waals surface area contributed by atoms with Crippen LogP contribution in [-0.2, 0) is 10.0 Å². The molecular formula is C13H21N3O2S. The van der Waals surface area contributed by atoms with Gasteiger partial charge in [0.25, 0.3) is 0 Å². The fourth-order valence-corrected chi connectivity index (χ4v) is 3.69. The van der Waals surface area contributed by atoms with Gasteiger partial charge in [-0.3, -0.25) is 0 Å². The van der Waals surface area contributed by atoms with Crippen LogP contribution in [0, 0.1) is 0 Å². The smallest absolute Gasteiger partial charge is 0.243 e. The average Bonchev–Trinajstić information content (AvgIpc) is 2.41. The maximum Gasteiger partial charge on any atom is 0.243 e. The lowest BCUT2D eigenvalue weighted by Gasteiger charge is -2.36. The lowest BCUT2D eigenvalue weighted by atomic mass is 10.2. The van der Waals surface area contributed by atoms with Crippen LogP contribution in [0.4, 0.5) is 5.69 Å². The van der Waals surface area contributed by atoms with Crippen LogP contribution in [-0.4, -0.2) is 57.4 Å². The van der Waals surface area contributed by atoms with E-state index in [0.29, 0.717) is 18.0 Å². The number of nitrogens with zero attached hydrogens (tertiary/aromatic N) is 2. The highest BCUT2D eigenvalue weighted by Crippen LogP contribution is 2.20. The zero-order valence-electron chi connectivity index (χ0n) is 11.6. The third-order valence-electron chi connectivity index (χ3n) is 3.70. The van der Waals surface area contributed by atoms with Crippen LogP contribution in [0.1, 0.15) is 6.92 Å². The predicted octanol–water partition coefficient (Wildman–Crippen LogP) is 1.05. The van der Waals surface area contributed by atoms with E-state index in [4.69, 9.17) is 0 Å². The maximum atomic E-state index is 12.5. The molecule has 1 aromatic rings. The fraction of sp³-hybridized carbons (Fsp3) is 0.538. The second kappa shape index (κ2) is 5.48. The summed E-state index contributed by atoms with van der Waals surface area (Å²) >= 11 is 0. The third kappa shape index (κ3) is 2.91. The molecule has 0 saturated carbocycles. The molecule has 0 amide bonds. The summed E-state index contributed by atoms with van der Waals surface area (Å²) in [4.78, 5) is 2.54. The molecule has 0 bridgehead atoms. The molecule has 0 aliphatic carbocycles. The quantitative estimate of drug-likeness (QED) is 0.901. The van der Waals surface area contributed by atoms with Crippen LogP contribution in [0.2, 0.25) is 0 Å². The number of piperazine rings is 1. The second-order valence-electron chi connectivity index (χ2n) is 4.97. The Labute approximate surface area is 115 Å². The van der Waals surface area contributed by atoms with Crippen LogP contribution in [0.3, 0.4) is 0 Å². The van der Waals surface area contributed by atoms with Gasteiger partial charge in [0.2, 0.25) is 10.0 Å². The zero-order valence-corrected chi connectivity index (χ0v) is 12.4. The SMILES string of the molecule is CNc1ccc(S(=O)(=O)N2CCN(C)C(C)C2)cc1. The molecule has 1 heterocycles. The van der Waals surface area contributed by atoms with E-state index in [1.807, 2.05) is 21.0 Å². The molecule has 1 atom stereocenters. The molecule has 5 nitrogen and oxygen atoms in total. The summed E-state index contributed by atoms with van der Waals surface area (Å²) in [6.45, 7) is 3.92. The zero-order chi connectivity index (χ0) is 14.0. The molecule has 19 heavy (non-hydrogen) atoms. The van der Waals surface area contributed by atoms with Crippen LogP contribution in [0.5, 0.6) is 0 Å². The van der Waals surface area contributed by atoms with E-state index in [-0.39, 0.29) is 6.04 Å². The lowest BCUT2D eigenvalue weighted by molar-refractivity contribution is 0.159. The van der Waals surface area contributed by atoms with Gasteiger partial charge in [0, 0.05) is 38.4 Å². The number of likely N-dealkylation sites (N-methyl/N-ethyl adjacent to an activating group) is 1. The second-order valence-corrected chi connectivity index (χ2v) is 6.90. The summed E-state index contributed by atoms with van der Waals surface area (Å²) in [6.07, 6.45) is 0. The number of rotatable bonds is 3. The number of hydrogen-bond donors (Lipinski definition) is 1. The molecule has 1 fully saturated rings. The van der Waals surface area contributed by atoms with E-state index in [2.05, 4.69) is 10.2 Å². The van der Waals surface area contributed by atoms with E-state index in [0.717, 1.165) is 12.2 Å². The van der Waals surface area contributed by atoms with Gasteiger partial charge in [0.1, 0.15) is 0 Å². The van der Waals surface area contributed by atoms with Crippen LogP contribution in [0.15, 0.2) is 29.2 Å². The molecule has 1 saturated heterocycles. The van der Waals surface area contributed by atoms with Gasteiger partial charge < -0.3 is 10.2 Å². The predicted molar refractivity (Wildman–Crippen MR) is 76.8 cm³/mol. The van der Waals surface area contributed by atoms with E-state index in [1.54, 1.807) is 28.6 Å². The normalized spacial score (nSPS) is 22.4. The molecular weight excluding hydrogens is 262 g/mol. The monoisotopic (exact) mass is 283 g/mol. The van der Waals surface area contributed by atoms with Crippen molar-refractivity contribution < 1.29 is 8.42 Å². The molecule has 1 aliphatic heterocycles. The van der Waals surface area contributed by atoms with E-state index in [1.165, 1.54) is 0 Å². The Bertz CT molecular complexity index is 527. The number of nitrogens with one attached hydrogen (secondary N) is 1. The van der Waals surface area contributed by atoms with Crippen LogP contribution >= 0.6 is 0 Å². The highest BCUT2D eigenvalue weighted by molar-refractivity contribution is 7.89. The minimum absolute atomic E-state index is 0.250. The fourth-order valence-electron chi connectivity index (χ4n) is 2.18. The first-order chi connectivity index (χ1) is 8.95. The van der Waals surface area contributed by atoms with Crippen molar-refractivity contribution >= 4 is 15.7 Å². The molecule has 0 aromatic heterocycles. The Morgan fingerprint density at radius 2 is 1.84 bits per heavy atom. The summed E-state index contributed by atoms with van der Waals surface area (Å²) in [5.41, 5.74) is 0.908. The lowest BCUT2D eigenvalue weighted by Crippen LogP contribution is -2.51. The van der Waals surface area contributed by atoms with E-state index < -0.39 is 10.0 Å². The summed E-state index contributed by atoms with van der Waals surface area (Å²) in [7, 11) is 0.471. The van der Waals surface area contributed by atoms with Crippen molar-refractivity contribution in [3.63, 3.8) is 0 Å². The number of hydrogen-bond acceptors (Lipinski definition) is 4. The van der Waals surface area contributed by atoms with Gasteiger partial charge in [-0.1, -0.05) is 0 Å². The first-order valence-corrected chi connectivity index (χ1v) is 7.87. The Morgan fingerprint density at radius 1 is 1.21 bits per heavy atom. The summed E-state index contributed by atoms with van der Waals surface area (Å²) in [5, 5.41) is 2.98. The van der Waals surface area contributed by atoms with Crippen molar-refractivity contribution in [3.8, 4) is 0 Å². The first-order valence-electron chi connectivity index (χ1n) is 6.43. The van der Waals surface area contributed by atoms with Crippen molar-refractivity contribution in [3.05, 3.63) is 24.3 Å². The number of benzene rings is 1. The minimum atomic E-state index is -3.36.